The first kappa shape index (κ1) is 13.8. The van der Waals surface area contributed by atoms with Crippen LogP contribution >= 0.6 is 0 Å². The third-order valence-corrected chi connectivity index (χ3v) is 2.78. The van der Waals surface area contributed by atoms with Gasteiger partial charge in [-0.2, -0.15) is 5.10 Å². The molecule has 1 aromatic carbocycles. The summed E-state index contributed by atoms with van der Waals surface area (Å²) in [5, 5.41) is 15.0. The average molecular weight is 269 g/mol. The smallest absolute Gasteiger partial charge is 0.257 e. The van der Waals surface area contributed by atoms with Crippen molar-refractivity contribution < 1.29 is 9.90 Å². The third kappa shape index (κ3) is 3.46. The average Bonchev–Trinajstić information content (AvgIpc) is 3.00. The summed E-state index contributed by atoms with van der Waals surface area (Å²) in [7, 11) is 1.74. The number of rotatable bonds is 3. The lowest BCUT2D eigenvalue weighted by atomic mass is 10.1. The Kier molecular flexibility index (Phi) is 4.53. The van der Waals surface area contributed by atoms with Crippen LogP contribution in [0.15, 0.2) is 36.7 Å². The highest BCUT2D eigenvalue weighted by Crippen LogP contribution is 2.08. The first-order valence-electron chi connectivity index (χ1n) is 6.13. The normalized spacial score (nSPS) is 9.70. The number of H-pyrrole nitrogens is 1. The standard InChI is InChI=1S/C15H15N3O2/c1-18(15(20)14-9-16-17-10-14)11-13-6-4-12(5-7-13)3-2-8-19/h4-7,9-10,19H,8,11H2,1H3,(H,16,17). The minimum atomic E-state index is -0.149. The first-order chi connectivity index (χ1) is 9.70. The molecule has 5 heteroatoms. The van der Waals surface area contributed by atoms with E-state index in [2.05, 4.69) is 22.0 Å². The SMILES string of the molecule is CN(Cc1ccc(C#CCO)cc1)C(=O)c1cn[nH]c1. The molecule has 1 aromatic heterocycles. The summed E-state index contributed by atoms with van der Waals surface area (Å²) in [5.41, 5.74) is 2.39. The predicted octanol–water partition coefficient (Wildman–Crippen LogP) is 1.03. The molecule has 1 heterocycles. The lowest BCUT2D eigenvalue weighted by molar-refractivity contribution is 0.0785. The van der Waals surface area contributed by atoms with Gasteiger partial charge in [-0.1, -0.05) is 24.0 Å². The van der Waals surface area contributed by atoms with Crippen molar-refractivity contribution in [1.82, 2.24) is 15.1 Å². The number of aliphatic hydroxyl groups is 1. The van der Waals surface area contributed by atoms with Gasteiger partial charge in [0.05, 0.1) is 11.8 Å². The minimum absolute atomic E-state index is 0.0806. The van der Waals surface area contributed by atoms with Gasteiger partial charge in [-0.15, -0.1) is 0 Å². The molecule has 1 amide bonds. The van der Waals surface area contributed by atoms with E-state index in [1.165, 1.54) is 6.20 Å². The highest BCUT2D eigenvalue weighted by atomic mass is 16.2. The van der Waals surface area contributed by atoms with E-state index in [0.29, 0.717) is 12.1 Å². The molecule has 2 aromatic rings. The van der Waals surface area contributed by atoms with E-state index in [9.17, 15) is 4.79 Å². The molecule has 0 saturated carbocycles. The van der Waals surface area contributed by atoms with Gasteiger partial charge in [0.2, 0.25) is 0 Å². The second kappa shape index (κ2) is 6.55. The maximum atomic E-state index is 12.0. The van der Waals surface area contributed by atoms with Crippen molar-refractivity contribution in [3.63, 3.8) is 0 Å². The summed E-state index contributed by atoms with van der Waals surface area (Å²) in [6.45, 7) is 0.363. The number of carbonyl (C=O) groups is 1. The Hall–Kier alpha value is -2.58. The Bertz CT molecular complexity index is 621. The second-order valence-electron chi connectivity index (χ2n) is 4.31. The number of aromatic amines is 1. The Morgan fingerprint density at radius 3 is 2.75 bits per heavy atom. The molecule has 102 valence electrons. The highest BCUT2D eigenvalue weighted by Gasteiger charge is 2.12. The number of benzene rings is 1. The maximum Gasteiger partial charge on any atom is 0.257 e. The van der Waals surface area contributed by atoms with Crippen LogP contribution in [0.5, 0.6) is 0 Å². The number of carbonyl (C=O) groups excluding carboxylic acids is 1. The van der Waals surface area contributed by atoms with Crippen molar-refractivity contribution in [2.45, 2.75) is 6.54 Å². The monoisotopic (exact) mass is 269 g/mol. The fraction of sp³-hybridized carbons (Fsp3) is 0.200. The van der Waals surface area contributed by atoms with Gasteiger partial charge in [0.25, 0.3) is 5.91 Å². The molecule has 2 N–H and O–H groups in total. The van der Waals surface area contributed by atoms with Gasteiger partial charge in [0, 0.05) is 25.4 Å². The van der Waals surface area contributed by atoms with Crippen LogP contribution in [-0.4, -0.2) is 39.8 Å². The topological polar surface area (TPSA) is 69.2 Å². The van der Waals surface area contributed by atoms with Gasteiger partial charge >= 0.3 is 0 Å². The Morgan fingerprint density at radius 2 is 2.15 bits per heavy atom. The second-order valence-corrected chi connectivity index (χ2v) is 4.31. The summed E-state index contributed by atoms with van der Waals surface area (Å²) in [4.78, 5) is 13.7. The van der Waals surface area contributed by atoms with Crippen LogP contribution in [-0.2, 0) is 6.54 Å². The number of amides is 1. The van der Waals surface area contributed by atoms with E-state index in [0.717, 1.165) is 11.1 Å². The molecule has 0 unspecified atom stereocenters. The van der Waals surface area contributed by atoms with Crippen LogP contribution in [0.2, 0.25) is 0 Å². The Labute approximate surface area is 117 Å². The van der Waals surface area contributed by atoms with E-state index >= 15 is 0 Å². The van der Waals surface area contributed by atoms with Crippen LogP contribution in [0.25, 0.3) is 0 Å². The predicted molar refractivity (Wildman–Crippen MR) is 74.8 cm³/mol. The van der Waals surface area contributed by atoms with Crippen molar-refractivity contribution in [3.05, 3.63) is 53.3 Å². The molecule has 20 heavy (non-hydrogen) atoms. The number of hydrogen-bond acceptors (Lipinski definition) is 3. The zero-order valence-electron chi connectivity index (χ0n) is 11.1. The van der Waals surface area contributed by atoms with Gasteiger partial charge in [-0.05, 0) is 17.7 Å². The lowest BCUT2D eigenvalue weighted by Gasteiger charge is -2.16. The molecular weight excluding hydrogens is 254 g/mol. The fourth-order valence-electron chi connectivity index (χ4n) is 1.77. The van der Waals surface area contributed by atoms with Crippen LogP contribution in [0.3, 0.4) is 0 Å². The summed E-state index contributed by atoms with van der Waals surface area (Å²) in [6, 6.07) is 7.57. The molecule has 2 rings (SSSR count). The molecule has 0 aliphatic carbocycles. The van der Waals surface area contributed by atoms with Crippen LogP contribution in [0.1, 0.15) is 21.5 Å². The van der Waals surface area contributed by atoms with Crippen LogP contribution in [0, 0.1) is 11.8 Å². The Morgan fingerprint density at radius 1 is 1.40 bits per heavy atom. The van der Waals surface area contributed by atoms with Crippen molar-refractivity contribution in [2.75, 3.05) is 13.7 Å². The molecule has 0 spiro atoms. The van der Waals surface area contributed by atoms with E-state index < -0.39 is 0 Å². The molecule has 0 aliphatic rings. The number of aromatic nitrogens is 2. The van der Waals surface area contributed by atoms with Gasteiger partial charge in [-0.25, -0.2) is 0 Å². The first-order valence-corrected chi connectivity index (χ1v) is 6.13. The zero-order valence-corrected chi connectivity index (χ0v) is 11.1. The van der Waals surface area contributed by atoms with Gasteiger partial charge in [0.15, 0.2) is 0 Å². The lowest BCUT2D eigenvalue weighted by Crippen LogP contribution is -2.25. The Balaban J connectivity index is 2.01. The van der Waals surface area contributed by atoms with E-state index in [-0.39, 0.29) is 12.5 Å². The van der Waals surface area contributed by atoms with Crippen molar-refractivity contribution in [2.24, 2.45) is 0 Å². The molecule has 0 fully saturated rings. The summed E-state index contributed by atoms with van der Waals surface area (Å²) in [6.07, 6.45) is 3.08. The molecule has 5 nitrogen and oxygen atoms in total. The zero-order chi connectivity index (χ0) is 14.4. The summed E-state index contributed by atoms with van der Waals surface area (Å²) >= 11 is 0. The van der Waals surface area contributed by atoms with E-state index in [1.54, 1.807) is 18.1 Å². The van der Waals surface area contributed by atoms with E-state index in [4.69, 9.17) is 5.11 Å². The highest BCUT2D eigenvalue weighted by molar-refractivity contribution is 5.93. The van der Waals surface area contributed by atoms with Crippen LogP contribution in [0.4, 0.5) is 0 Å². The molecule has 0 bridgehead atoms. The summed E-state index contributed by atoms with van der Waals surface area (Å²) < 4.78 is 0. The minimum Gasteiger partial charge on any atom is -0.384 e. The molecule has 0 aliphatic heterocycles. The summed E-state index contributed by atoms with van der Waals surface area (Å²) in [5.74, 6) is 5.34. The molecule has 0 radical (unpaired) electrons. The van der Waals surface area contributed by atoms with Crippen molar-refractivity contribution in [1.29, 1.82) is 0 Å². The van der Waals surface area contributed by atoms with Gasteiger partial charge < -0.3 is 10.0 Å². The number of nitrogens with zero attached hydrogens (tertiary/aromatic N) is 2. The molecular formula is C15H15N3O2. The van der Waals surface area contributed by atoms with Crippen LogP contribution < -0.4 is 0 Å². The molecule has 0 atom stereocenters. The third-order valence-electron chi connectivity index (χ3n) is 2.78. The fourth-order valence-corrected chi connectivity index (χ4v) is 1.77. The maximum absolute atomic E-state index is 12.0. The quantitative estimate of drug-likeness (QED) is 0.818. The number of nitrogens with one attached hydrogen (secondary N) is 1. The largest absolute Gasteiger partial charge is 0.384 e. The number of hydrogen-bond donors (Lipinski definition) is 2. The van der Waals surface area contributed by atoms with Gasteiger partial charge in [0.1, 0.15) is 6.61 Å². The van der Waals surface area contributed by atoms with Gasteiger partial charge in [-0.3, -0.25) is 9.89 Å². The van der Waals surface area contributed by atoms with Crippen molar-refractivity contribution in [3.8, 4) is 11.8 Å². The van der Waals surface area contributed by atoms with Crippen molar-refractivity contribution >= 4 is 5.91 Å². The molecule has 0 saturated heterocycles. The van der Waals surface area contributed by atoms with E-state index in [1.807, 2.05) is 24.3 Å². The number of aliphatic hydroxyl groups excluding tert-OH is 1.